The highest BCUT2D eigenvalue weighted by Crippen LogP contribution is 2.30. The highest BCUT2D eigenvalue weighted by Gasteiger charge is 2.42. The predicted molar refractivity (Wildman–Crippen MR) is 66.1 cm³/mol. The molecule has 1 aromatic rings. The van der Waals surface area contributed by atoms with Gasteiger partial charge in [0.1, 0.15) is 17.0 Å². The van der Waals surface area contributed by atoms with Crippen LogP contribution in [0.3, 0.4) is 0 Å². The van der Waals surface area contributed by atoms with Crippen molar-refractivity contribution in [2.75, 3.05) is 0 Å². The molecule has 4 N–H and O–H groups in total. The van der Waals surface area contributed by atoms with Crippen molar-refractivity contribution in [2.45, 2.75) is 31.2 Å². The maximum absolute atomic E-state index is 12.0. The molecule has 1 fully saturated rings. The summed E-state index contributed by atoms with van der Waals surface area (Å²) in [6.45, 7) is 0. The lowest BCUT2D eigenvalue weighted by Gasteiger charge is -2.25. The van der Waals surface area contributed by atoms with Crippen LogP contribution in [0.5, 0.6) is 11.5 Å². The number of phenolic OH excluding ortho intramolecular Hbond substituents is 2. The minimum absolute atomic E-state index is 0.0324. The van der Waals surface area contributed by atoms with Crippen LogP contribution >= 0.6 is 0 Å². The van der Waals surface area contributed by atoms with E-state index < -0.39 is 17.4 Å². The Morgan fingerprint density at radius 3 is 2.05 bits per heavy atom. The molecule has 0 unspecified atom stereocenters. The number of hydrogen-bond acceptors (Lipinski definition) is 4. The van der Waals surface area contributed by atoms with E-state index in [1.54, 1.807) is 0 Å². The van der Waals surface area contributed by atoms with E-state index in [1.165, 1.54) is 12.1 Å². The molecule has 0 aliphatic heterocycles. The number of aliphatic carboxylic acids is 1. The van der Waals surface area contributed by atoms with Crippen LogP contribution in [0.1, 0.15) is 36.0 Å². The van der Waals surface area contributed by atoms with Crippen LogP contribution in [0.25, 0.3) is 0 Å². The molecule has 0 saturated heterocycles. The van der Waals surface area contributed by atoms with Crippen LogP contribution in [0.4, 0.5) is 0 Å². The van der Waals surface area contributed by atoms with Crippen LogP contribution in [-0.4, -0.2) is 32.7 Å². The van der Waals surface area contributed by atoms with Gasteiger partial charge in [-0.15, -0.1) is 0 Å². The summed E-state index contributed by atoms with van der Waals surface area (Å²) in [5.41, 5.74) is -1.21. The maximum Gasteiger partial charge on any atom is 0.329 e. The number of rotatable bonds is 3. The summed E-state index contributed by atoms with van der Waals surface area (Å²) in [5, 5.41) is 30.4. The van der Waals surface area contributed by atoms with Gasteiger partial charge in [-0.05, 0) is 25.0 Å². The van der Waals surface area contributed by atoms with Crippen LogP contribution in [0.2, 0.25) is 0 Å². The Labute approximate surface area is 109 Å². The molecule has 1 amide bonds. The molecule has 1 aromatic carbocycles. The second kappa shape index (κ2) is 4.79. The number of nitrogens with one attached hydrogen (secondary N) is 1. The first-order valence-corrected chi connectivity index (χ1v) is 6.02. The second-order valence-corrected chi connectivity index (χ2v) is 4.79. The van der Waals surface area contributed by atoms with Crippen LogP contribution in [0.15, 0.2) is 18.2 Å². The van der Waals surface area contributed by atoms with Crippen molar-refractivity contribution in [1.29, 1.82) is 0 Å². The van der Waals surface area contributed by atoms with Crippen molar-refractivity contribution in [3.63, 3.8) is 0 Å². The average molecular weight is 265 g/mol. The third kappa shape index (κ3) is 2.62. The lowest BCUT2D eigenvalue weighted by molar-refractivity contribution is -0.144. The summed E-state index contributed by atoms with van der Waals surface area (Å²) in [6, 6.07) is 3.46. The minimum Gasteiger partial charge on any atom is -0.508 e. The average Bonchev–Trinajstić information content (AvgIpc) is 2.77. The van der Waals surface area contributed by atoms with E-state index in [0.29, 0.717) is 12.8 Å². The molecule has 0 heterocycles. The number of carbonyl (C=O) groups excluding carboxylic acids is 1. The van der Waals surface area contributed by atoms with Gasteiger partial charge in [0.25, 0.3) is 5.91 Å². The van der Waals surface area contributed by atoms with Gasteiger partial charge in [-0.2, -0.15) is 0 Å². The second-order valence-electron chi connectivity index (χ2n) is 4.79. The number of hydrogen-bond donors (Lipinski definition) is 4. The summed E-state index contributed by atoms with van der Waals surface area (Å²) in [5.74, 6) is -2.17. The van der Waals surface area contributed by atoms with Crippen molar-refractivity contribution >= 4 is 11.9 Å². The van der Waals surface area contributed by atoms with Gasteiger partial charge in [0.05, 0.1) is 0 Å². The molecule has 2 rings (SSSR count). The lowest BCUT2D eigenvalue weighted by Crippen LogP contribution is -2.52. The van der Waals surface area contributed by atoms with Gasteiger partial charge in [0.2, 0.25) is 0 Å². The van der Waals surface area contributed by atoms with E-state index in [0.717, 1.165) is 18.9 Å². The molecule has 19 heavy (non-hydrogen) atoms. The fraction of sp³-hybridized carbons (Fsp3) is 0.385. The Morgan fingerprint density at radius 2 is 1.58 bits per heavy atom. The van der Waals surface area contributed by atoms with Crippen LogP contribution in [0, 0.1) is 0 Å². The Hall–Kier alpha value is -2.24. The molecule has 0 radical (unpaired) electrons. The summed E-state index contributed by atoms with van der Waals surface area (Å²) in [4.78, 5) is 23.3. The number of carboxylic acids is 1. The van der Waals surface area contributed by atoms with E-state index in [4.69, 9.17) is 0 Å². The van der Waals surface area contributed by atoms with Gasteiger partial charge >= 0.3 is 5.97 Å². The first kappa shape index (κ1) is 13.2. The van der Waals surface area contributed by atoms with Gasteiger partial charge in [-0.25, -0.2) is 4.79 Å². The SMILES string of the molecule is O=C(NC1(C(=O)O)CCCC1)c1cc(O)cc(O)c1. The van der Waals surface area contributed by atoms with Crippen LogP contribution < -0.4 is 5.32 Å². The number of amides is 1. The third-order valence-electron chi connectivity index (χ3n) is 3.38. The molecular weight excluding hydrogens is 250 g/mol. The molecule has 1 aliphatic rings. The number of aromatic hydroxyl groups is 2. The Bertz CT molecular complexity index is 500. The smallest absolute Gasteiger partial charge is 0.329 e. The fourth-order valence-electron chi connectivity index (χ4n) is 2.39. The van der Waals surface area contributed by atoms with Gasteiger partial charge in [-0.1, -0.05) is 12.8 Å². The lowest BCUT2D eigenvalue weighted by atomic mass is 9.97. The van der Waals surface area contributed by atoms with Crippen molar-refractivity contribution in [3.05, 3.63) is 23.8 Å². The zero-order chi connectivity index (χ0) is 14.0. The number of phenols is 2. The fourth-order valence-corrected chi connectivity index (χ4v) is 2.39. The highest BCUT2D eigenvalue weighted by molar-refractivity contribution is 5.98. The van der Waals surface area contributed by atoms with Gasteiger partial charge in [-0.3, -0.25) is 4.79 Å². The van der Waals surface area contributed by atoms with E-state index in [-0.39, 0.29) is 17.1 Å². The first-order valence-electron chi connectivity index (χ1n) is 6.02. The molecule has 0 aromatic heterocycles. The Morgan fingerprint density at radius 1 is 1.05 bits per heavy atom. The predicted octanol–water partition coefficient (Wildman–Crippen LogP) is 1.22. The molecule has 0 spiro atoms. The normalized spacial score (nSPS) is 17.1. The summed E-state index contributed by atoms with van der Waals surface area (Å²) < 4.78 is 0. The Kier molecular flexibility index (Phi) is 3.33. The monoisotopic (exact) mass is 265 g/mol. The maximum atomic E-state index is 12.0. The Balaban J connectivity index is 2.22. The van der Waals surface area contributed by atoms with Gasteiger partial charge < -0.3 is 20.6 Å². The van der Waals surface area contributed by atoms with Crippen molar-refractivity contribution < 1.29 is 24.9 Å². The summed E-state index contributed by atoms with van der Waals surface area (Å²) in [7, 11) is 0. The molecular formula is C13H15NO5. The zero-order valence-electron chi connectivity index (χ0n) is 10.2. The van der Waals surface area contributed by atoms with E-state index >= 15 is 0 Å². The van der Waals surface area contributed by atoms with E-state index in [9.17, 15) is 24.9 Å². The van der Waals surface area contributed by atoms with Crippen molar-refractivity contribution in [3.8, 4) is 11.5 Å². The third-order valence-corrected chi connectivity index (χ3v) is 3.38. The van der Waals surface area contributed by atoms with Crippen molar-refractivity contribution in [1.82, 2.24) is 5.32 Å². The molecule has 0 bridgehead atoms. The molecule has 1 aliphatic carbocycles. The highest BCUT2D eigenvalue weighted by atomic mass is 16.4. The molecule has 102 valence electrons. The van der Waals surface area contributed by atoms with Gasteiger partial charge in [0, 0.05) is 11.6 Å². The van der Waals surface area contributed by atoms with Crippen molar-refractivity contribution in [2.24, 2.45) is 0 Å². The van der Waals surface area contributed by atoms with E-state index in [1.807, 2.05) is 0 Å². The van der Waals surface area contributed by atoms with Crippen LogP contribution in [-0.2, 0) is 4.79 Å². The molecule has 6 nitrogen and oxygen atoms in total. The molecule has 0 atom stereocenters. The number of carboxylic acid groups (broad SMARTS) is 1. The quantitative estimate of drug-likeness (QED) is 0.657. The molecule has 1 saturated carbocycles. The topological polar surface area (TPSA) is 107 Å². The number of benzene rings is 1. The number of carbonyl (C=O) groups is 2. The first-order chi connectivity index (χ1) is 8.93. The zero-order valence-corrected chi connectivity index (χ0v) is 10.2. The standard InChI is InChI=1S/C13H15NO5/c15-9-5-8(6-10(16)7-9)11(17)14-13(12(18)19)3-1-2-4-13/h5-7,15-16H,1-4H2,(H,14,17)(H,18,19). The summed E-state index contributed by atoms with van der Waals surface area (Å²) >= 11 is 0. The minimum atomic E-state index is -1.24. The van der Waals surface area contributed by atoms with E-state index in [2.05, 4.69) is 5.32 Å². The summed E-state index contributed by atoms with van der Waals surface area (Å²) in [6.07, 6.45) is 2.27. The van der Waals surface area contributed by atoms with Gasteiger partial charge in [0.15, 0.2) is 0 Å². The largest absolute Gasteiger partial charge is 0.508 e. The molecule has 6 heteroatoms.